The molecule has 0 saturated carbocycles. The van der Waals surface area contributed by atoms with Gasteiger partial charge in [0.1, 0.15) is 11.6 Å². The third kappa shape index (κ3) is 3.82. The monoisotopic (exact) mass is 350 g/mol. The van der Waals surface area contributed by atoms with Gasteiger partial charge in [0.05, 0.1) is 5.70 Å². The Labute approximate surface area is 129 Å². The Hall–Kier alpha value is -2.34. The zero-order chi connectivity index (χ0) is 15.4. The predicted molar refractivity (Wildman–Crippen MR) is 81.8 cm³/mol. The van der Waals surface area contributed by atoms with Gasteiger partial charge in [-0.1, -0.05) is 22.5 Å². The highest BCUT2D eigenvalue weighted by Crippen LogP contribution is 2.22. The van der Waals surface area contributed by atoms with Crippen LogP contribution in [-0.4, -0.2) is 11.0 Å². The lowest BCUT2D eigenvalue weighted by Gasteiger charge is -2.12. The number of benzene rings is 2. The van der Waals surface area contributed by atoms with Gasteiger partial charge in [-0.2, -0.15) is 0 Å². The average Bonchev–Trinajstić information content (AvgIpc) is 2.47. The van der Waals surface area contributed by atoms with Gasteiger partial charge in [0.15, 0.2) is 0 Å². The van der Waals surface area contributed by atoms with Crippen molar-refractivity contribution in [2.75, 3.05) is 0 Å². The number of phenolic OH excluding ortho intramolecular Hbond substituents is 1. The lowest BCUT2D eigenvalue weighted by Crippen LogP contribution is -2.35. The van der Waals surface area contributed by atoms with Crippen molar-refractivity contribution in [1.82, 2.24) is 10.9 Å². The van der Waals surface area contributed by atoms with Gasteiger partial charge in [-0.15, -0.1) is 0 Å². The number of amides is 1. The van der Waals surface area contributed by atoms with Gasteiger partial charge >= 0.3 is 0 Å². The number of hydrogen-bond donors (Lipinski definition) is 3. The van der Waals surface area contributed by atoms with Crippen LogP contribution in [0.25, 0.3) is 5.70 Å². The van der Waals surface area contributed by atoms with E-state index in [-0.39, 0.29) is 22.9 Å². The minimum absolute atomic E-state index is 0.133. The zero-order valence-electron chi connectivity index (χ0n) is 10.9. The van der Waals surface area contributed by atoms with Crippen molar-refractivity contribution in [1.29, 1.82) is 0 Å². The van der Waals surface area contributed by atoms with Gasteiger partial charge in [-0.05, 0) is 42.5 Å². The molecule has 2 rings (SSSR count). The number of nitrogens with one attached hydrogen (secondary N) is 2. The van der Waals surface area contributed by atoms with E-state index in [9.17, 15) is 14.3 Å². The van der Waals surface area contributed by atoms with Gasteiger partial charge < -0.3 is 5.11 Å². The summed E-state index contributed by atoms with van der Waals surface area (Å²) >= 11 is 3.28. The van der Waals surface area contributed by atoms with Crippen LogP contribution >= 0.6 is 15.9 Å². The molecule has 2 aromatic carbocycles. The average molecular weight is 351 g/mol. The summed E-state index contributed by atoms with van der Waals surface area (Å²) in [5.41, 5.74) is 5.77. The van der Waals surface area contributed by atoms with Gasteiger partial charge in [-0.3, -0.25) is 15.6 Å². The summed E-state index contributed by atoms with van der Waals surface area (Å²) in [6.45, 7) is 3.65. The second-order valence-corrected chi connectivity index (χ2v) is 5.14. The maximum Gasteiger partial charge on any atom is 0.269 e. The zero-order valence-corrected chi connectivity index (χ0v) is 12.4. The standard InChI is InChI=1S/C15H12BrFN2O2/c1-9(13-8-12(17)6-7-14(13)20)18-19-15(21)10-2-4-11(16)5-3-10/h2-8,18,20H,1H2,(H,19,21). The van der Waals surface area contributed by atoms with Crippen LogP contribution in [0.2, 0.25) is 0 Å². The van der Waals surface area contributed by atoms with Gasteiger partial charge in [0, 0.05) is 15.6 Å². The molecule has 6 heteroatoms. The topological polar surface area (TPSA) is 61.4 Å². The van der Waals surface area contributed by atoms with Crippen molar-refractivity contribution < 1.29 is 14.3 Å². The summed E-state index contributed by atoms with van der Waals surface area (Å²) in [6.07, 6.45) is 0. The van der Waals surface area contributed by atoms with Crippen LogP contribution in [0.15, 0.2) is 53.5 Å². The smallest absolute Gasteiger partial charge is 0.269 e. The molecule has 0 aliphatic rings. The molecule has 108 valence electrons. The SMILES string of the molecule is C=C(NNC(=O)c1ccc(Br)cc1)c1cc(F)ccc1O. The number of carbonyl (C=O) groups is 1. The molecule has 0 saturated heterocycles. The lowest BCUT2D eigenvalue weighted by molar-refractivity contribution is 0.0942. The maximum atomic E-state index is 13.1. The van der Waals surface area contributed by atoms with Crippen molar-refractivity contribution in [3.05, 3.63) is 70.5 Å². The van der Waals surface area contributed by atoms with E-state index in [4.69, 9.17) is 0 Å². The van der Waals surface area contributed by atoms with Crippen LogP contribution in [0, 0.1) is 5.82 Å². The molecule has 4 nitrogen and oxygen atoms in total. The number of rotatable bonds is 4. The Morgan fingerprint density at radius 3 is 2.48 bits per heavy atom. The fourth-order valence-electron chi connectivity index (χ4n) is 1.62. The molecular formula is C15H12BrFN2O2. The lowest BCUT2D eigenvalue weighted by atomic mass is 10.1. The van der Waals surface area contributed by atoms with Crippen LogP contribution in [0.5, 0.6) is 5.75 Å². The third-order valence-corrected chi connectivity index (χ3v) is 3.25. The molecule has 1 amide bonds. The third-order valence-electron chi connectivity index (χ3n) is 2.72. The van der Waals surface area contributed by atoms with Gasteiger partial charge in [-0.25, -0.2) is 4.39 Å². The molecule has 0 aromatic heterocycles. The fourth-order valence-corrected chi connectivity index (χ4v) is 1.89. The molecule has 0 bridgehead atoms. The van der Waals surface area contributed by atoms with Crippen LogP contribution in [0.4, 0.5) is 4.39 Å². The molecule has 0 aliphatic heterocycles. The van der Waals surface area contributed by atoms with E-state index in [1.54, 1.807) is 24.3 Å². The summed E-state index contributed by atoms with van der Waals surface area (Å²) in [5.74, 6) is -1.02. The molecule has 0 spiro atoms. The number of carbonyl (C=O) groups excluding carboxylic acids is 1. The summed E-state index contributed by atoms with van der Waals surface area (Å²) in [7, 11) is 0. The predicted octanol–water partition coefficient (Wildman–Crippen LogP) is 3.20. The first-order chi connectivity index (χ1) is 9.97. The molecule has 0 heterocycles. The molecule has 3 N–H and O–H groups in total. The van der Waals surface area contributed by atoms with Crippen molar-refractivity contribution in [3.8, 4) is 5.75 Å². The van der Waals surface area contributed by atoms with Crippen molar-refractivity contribution in [2.24, 2.45) is 0 Å². The minimum atomic E-state index is -0.509. The second-order valence-electron chi connectivity index (χ2n) is 4.23. The highest BCUT2D eigenvalue weighted by atomic mass is 79.9. The first-order valence-electron chi connectivity index (χ1n) is 5.97. The highest BCUT2D eigenvalue weighted by molar-refractivity contribution is 9.10. The van der Waals surface area contributed by atoms with Crippen LogP contribution in [0.3, 0.4) is 0 Å². The first-order valence-corrected chi connectivity index (χ1v) is 6.76. The summed E-state index contributed by atoms with van der Waals surface area (Å²) in [6, 6.07) is 10.2. The number of hydrogen-bond acceptors (Lipinski definition) is 3. The Morgan fingerprint density at radius 1 is 1.14 bits per heavy atom. The molecule has 0 radical (unpaired) electrons. The van der Waals surface area contributed by atoms with Crippen molar-refractivity contribution in [2.45, 2.75) is 0 Å². The van der Waals surface area contributed by atoms with Crippen molar-refractivity contribution in [3.63, 3.8) is 0 Å². The summed E-state index contributed by atoms with van der Waals surface area (Å²) < 4.78 is 14.0. The quantitative estimate of drug-likeness (QED) is 0.742. The molecule has 0 aliphatic carbocycles. The Kier molecular flexibility index (Phi) is 4.59. The van der Waals surface area contributed by atoms with Gasteiger partial charge in [0.25, 0.3) is 5.91 Å². The van der Waals surface area contributed by atoms with E-state index in [1.807, 2.05) is 0 Å². The molecule has 21 heavy (non-hydrogen) atoms. The molecular weight excluding hydrogens is 339 g/mol. The number of phenols is 1. The van der Waals surface area contributed by atoms with E-state index in [0.717, 1.165) is 16.6 Å². The highest BCUT2D eigenvalue weighted by Gasteiger charge is 2.09. The molecule has 2 aromatic rings. The van der Waals surface area contributed by atoms with E-state index >= 15 is 0 Å². The Morgan fingerprint density at radius 2 is 1.81 bits per heavy atom. The molecule has 0 fully saturated rings. The van der Waals surface area contributed by atoms with Gasteiger partial charge in [0.2, 0.25) is 0 Å². The van der Waals surface area contributed by atoms with Crippen LogP contribution in [-0.2, 0) is 0 Å². The number of hydrazine groups is 1. The maximum absolute atomic E-state index is 13.1. The van der Waals surface area contributed by atoms with Crippen LogP contribution < -0.4 is 10.9 Å². The molecule has 0 atom stereocenters. The summed E-state index contributed by atoms with van der Waals surface area (Å²) in [5, 5.41) is 9.63. The number of halogens is 2. The number of aromatic hydroxyl groups is 1. The van der Waals surface area contributed by atoms with E-state index < -0.39 is 5.82 Å². The van der Waals surface area contributed by atoms with E-state index in [1.165, 1.54) is 6.07 Å². The van der Waals surface area contributed by atoms with E-state index in [0.29, 0.717) is 5.56 Å². The second kappa shape index (κ2) is 6.41. The largest absolute Gasteiger partial charge is 0.507 e. The molecule has 0 unspecified atom stereocenters. The minimum Gasteiger partial charge on any atom is -0.507 e. The Bertz CT molecular complexity index is 687. The van der Waals surface area contributed by atoms with Crippen LogP contribution in [0.1, 0.15) is 15.9 Å². The fraction of sp³-hybridized carbons (Fsp3) is 0. The van der Waals surface area contributed by atoms with E-state index in [2.05, 4.69) is 33.4 Å². The summed E-state index contributed by atoms with van der Waals surface area (Å²) in [4.78, 5) is 11.9. The normalized spacial score (nSPS) is 10.0. The van der Waals surface area contributed by atoms with Crippen molar-refractivity contribution >= 4 is 27.5 Å². The Balaban J connectivity index is 2.02. The first kappa shape index (κ1) is 15.1.